The van der Waals surface area contributed by atoms with Gasteiger partial charge in [0.25, 0.3) is 0 Å². The predicted octanol–water partition coefficient (Wildman–Crippen LogP) is 4.83. The summed E-state index contributed by atoms with van der Waals surface area (Å²) in [6.07, 6.45) is 13.7. The number of thioether (sulfide) groups is 1. The smallest absolute Gasteiger partial charge is 0.0946 e. The van der Waals surface area contributed by atoms with E-state index in [1.807, 2.05) is 35.3 Å². The third-order valence-electron chi connectivity index (χ3n) is 4.48. The van der Waals surface area contributed by atoms with E-state index in [1.54, 1.807) is 18.0 Å². The molecule has 1 heterocycles. The molecule has 0 amide bonds. The fourth-order valence-electron chi connectivity index (χ4n) is 3.21. The maximum Gasteiger partial charge on any atom is 0.0946 e. The highest BCUT2D eigenvalue weighted by atomic mass is 32.2. The zero-order valence-corrected chi connectivity index (χ0v) is 14.4. The molecule has 122 valence electrons. The molecule has 1 aliphatic rings. The maximum absolute atomic E-state index is 9.73. The van der Waals surface area contributed by atoms with Crippen molar-refractivity contribution < 1.29 is 0 Å². The SMILES string of the molecule is N#CC1C=CC=CC1(Cn1ccnc1)Sc1ccc2ccccc2c1. The first-order valence-electron chi connectivity index (χ1n) is 8.18. The average Bonchev–Trinajstić information content (AvgIpc) is 3.15. The number of fused-ring (bicyclic) bond motifs is 1. The number of nitrogens with zero attached hydrogens (tertiary/aromatic N) is 3. The Labute approximate surface area is 151 Å². The lowest BCUT2D eigenvalue weighted by Gasteiger charge is -2.35. The monoisotopic (exact) mass is 343 g/mol. The minimum Gasteiger partial charge on any atom is -0.336 e. The van der Waals surface area contributed by atoms with Crippen LogP contribution in [0, 0.1) is 17.2 Å². The van der Waals surface area contributed by atoms with Crippen LogP contribution in [0.2, 0.25) is 0 Å². The largest absolute Gasteiger partial charge is 0.336 e. The van der Waals surface area contributed by atoms with Crippen LogP contribution in [0.25, 0.3) is 10.8 Å². The first kappa shape index (κ1) is 15.7. The van der Waals surface area contributed by atoms with Crippen LogP contribution in [0.1, 0.15) is 0 Å². The molecule has 0 saturated carbocycles. The molecule has 4 rings (SSSR count). The van der Waals surface area contributed by atoms with Crippen molar-refractivity contribution in [3.63, 3.8) is 0 Å². The molecule has 2 unspecified atom stereocenters. The third kappa shape index (κ3) is 3.11. The summed E-state index contributed by atoms with van der Waals surface area (Å²) in [6, 6.07) is 17.3. The quantitative estimate of drug-likeness (QED) is 0.681. The van der Waals surface area contributed by atoms with E-state index in [1.165, 1.54) is 15.7 Å². The Morgan fingerprint density at radius 2 is 2.04 bits per heavy atom. The zero-order valence-electron chi connectivity index (χ0n) is 13.6. The Morgan fingerprint density at radius 3 is 2.84 bits per heavy atom. The van der Waals surface area contributed by atoms with Crippen molar-refractivity contribution in [1.29, 1.82) is 5.26 Å². The standard InChI is InChI=1S/C21H17N3S/c22-14-19-7-3-4-10-21(19,15-24-12-11-23-16-24)25-20-9-8-17-5-1-2-6-18(17)13-20/h1-13,16,19H,15H2. The van der Waals surface area contributed by atoms with Crippen LogP contribution in [0.15, 0.2) is 90.4 Å². The van der Waals surface area contributed by atoms with Gasteiger partial charge >= 0.3 is 0 Å². The van der Waals surface area contributed by atoms with Gasteiger partial charge in [0.2, 0.25) is 0 Å². The molecule has 25 heavy (non-hydrogen) atoms. The summed E-state index contributed by atoms with van der Waals surface area (Å²) in [6.45, 7) is 0.698. The molecule has 0 bridgehead atoms. The zero-order chi connectivity index (χ0) is 17.1. The number of benzene rings is 2. The third-order valence-corrected chi connectivity index (χ3v) is 5.87. The van der Waals surface area contributed by atoms with Crippen molar-refractivity contribution in [3.8, 4) is 6.07 Å². The predicted molar refractivity (Wildman–Crippen MR) is 102 cm³/mol. The maximum atomic E-state index is 9.73. The van der Waals surface area contributed by atoms with E-state index in [4.69, 9.17) is 0 Å². The molecule has 3 aromatic rings. The summed E-state index contributed by atoms with van der Waals surface area (Å²) in [5.74, 6) is -0.198. The fraction of sp³-hybridized carbons (Fsp3) is 0.143. The van der Waals surface area contributed by atoms with Crippen molar-refractivity contribution >= 4 is 22.5 Å². The summed E-state index contributed by atoms with van der Waals surface area (Å²) in [7, 11) is 0. The van der Waals surface area contributed by atoms with E-state index >= 15 is 0 Å². The van der Waals surface area contributed by atoms with Crippen molar-refractivity contribution in [2.75, 3.05) is 0 Å². The molecular formula is C21H17N3S. The van der Waals surface area contributed by atoms with Gasteiger partial charge in [-0.05, 0) is 22.9 Å². The van der Waals surface area contributed by atoms with Crippen LogP contribution in [0.5, 0.6) is 0 Å². The van der Waals surface area contributed by atoms with Gasteiger partial charge in [0, 0.05) is 23.8 Å². The average molecular weight is 343 g/mol. The minimum atomic E-state index is -0.355. The number of rotatable bonds is 4. The number of allylic oxidation sites excluding steroid dienone is 3. The second kappa shape index (κ2) is 6.62. The van der Waals surface area contributed by atoms with Gasteiger partial charge < -0.3 is 4.57 Å². The topological polar surface area (TPSA) is 41.6 Å². The van der Waals surface area contributed by atoms with Crippen LogP contribution in [0.4, 0.5) is 0 Å². The molecule has 1 aromatic heterocycles. The number of nitriles is 1. The Morgan fingerprint density at radius 1 is 1.16 bits per heavy atom. The fourth-order valence-corrected chi connectivity index (χ4v) is 4.59. The van der Waals surface area contributed by atoms with E-state index in [-0.39, 0.29) is 10.7 Å². The summed E-state index contributed by atoms with van der Waals surface area (Å²) < 4.78 is 1.69. The van der Waals surface area contributed by atoms with Gasteiger partial charge in [-0.25, -0.2) is 4.98 Å². The van der Waals surface area contributed by atoms with Crippen LogP contribution >= 0.6 is 11.8 Å². The number of hydrogen-bond donors (Lipinski definition) is 0. The lowest BCUT2D eigenvalue weighted by Crippen LogP contribution is -2.36. The molecule has 0 radical (unpaired) electrons. The second-order valence-corrected chi connectivity index (χ2v) is 7.59. The van der Waals surface area contributed by atoms with Crippen molar-refractivity contribution in [1.82, 2.24) is 9.55 Å². The highest BCUT2D eigenvalue weighted by molar-refractivity contribution is 8.01. The normalized spacial score (nSPS) is 22.1. The van der Waals surface area contributed by atoms with E-state index < -0.39 is 0 Å². The summed E-state index contributed by atoms with van der Waals surface area (Å²) >= 11 is 1.75. The summed E-state index contributed by atoms with van der Waals surface area (Å²) in [4.78, 5) is 5.31. The van der Waals surface area contributed by atoms with E-state index in [0.29, 0.717) is 6.54 Å². The van der Waals surface area contributed by atoms with Gasteiger partial charge in [-0.15, -0.1) is 11.8 Å². The number of hydrogen-bond acceptors (Lipinski definition) is 3. The van der Waals surface area contributed by atoms with E-state index in [2.05, 4.69) is 59.6 Å². The molecule has 0 N–H and O–H groups in total. The van der Waals surface area contributed by atoms with Gasteiger partial charge in [0.15, 0.2) is 0 Å². The summed E-state index contributed by atoms with van der Waals surface area (Å²) in [5, 5.41) is 12.2. The van der Waals surface area contributed by atoms with Gasteiger partial charge in [0.05, 0.1) is 23.1 Å². The van der Waals surface area contributed by atoms with E-state index in [9.17, 15) is 5.26 Å². The first-order valence-corrected chi connectivity index (χ1v) is 9.00. The number of aromatic nitrogens is 2. The van der Waals surface area contributed by atoms with Gasteiger partial charge in [-0.2, -0.15) is 5.26 Å². The lowest BCUT2D eigenvalue weighted by molar-refractivity contribution is 0.514. The molecular weight excluding hydrogens is 326 g/mol. The molecule has 3 nitrogen and oxygen atoms in total. The molecule has 4 heteroatoms. The lowest BCUT2D eigenvalue weighted by atomic mass is 9.88. The van der Waals surface area contributed by atoms with Crippen LogP contribution in [0.3, 0.4) is 0 Å². The van der Waals surface area contributed by atoms with E-state index in [0.717, 1.165) is 0 Å². The molecule has 2 atom stereocenters. The molecule has 0 saturated heterocycles. The first-order chi connectivity index (χ1) is 12.3. The Kier molecular flexibility index (Phi) is 4.17. The van der Waals surface area contributed by atoms with Crippen LogP contribution in [-0.2, 0) is 6.54 Å². The van der Waals surface area contributed by atoms with Crippen molar-refractivity contribution in [2.24, 2.45) is 5.92 Å². The van der Waals surface area contributed by atoms with Crippen LogP contribution < -0.4 is 0 Å². The van der Waals surface area contributed by atoms with Crippen molar-refractivity contribution in [3.05, 3.63) is 85.5 Å². The van der Waals surface area contributed by atoms with Gasteiger partial charge in [-0.3, -0.25) is 0 Å². The molecule has 0 spiro atoms. The molecule has 2 aromatic carbocycles. The molecule has 1 aliphatic carbocycles. The minimum absolute atomic E-state index is 0.198. The Balaban J connectivity index is 1.73. The van der Waals surface area contributed by atoms with Gasteiger partial charge in [0.1, 0.15) is 0 Å². The highest BCUT2D eigenvalue weighted by Gasteiger charge is 2.38. The Bertz CT molecular complexity index is 982. The molecule has 0 aliphatic heterocycles. The van der Waals surface area contributed by atoms with Crippen molar-refractivity contribution in [2.45, 2.75) is 16.2 Å². The van der Waals surface area contributed by atoms with Crippen LogP contribution in [-0.4, -0.2) is 14.3 Å². The molecule has 0 fully saturated rings. The Hall–Kier alpha value is -2.77. The second-order valence-electron chi connectivity index (χ2n) is 6.15. The highest BCUT2D eigenvalue weighted by Crippen LogP contribution is 2.44. The number of imidazole rings is 1. The summed E-state index contributed by atoms with van der Waals surface area (Å²) in [5.41, 5.74) is 0. The van der Waals surface area contributed by atoms with Gasteiger partial charge in [-0.1, -0.05) is 54.6 Å².